The summed E-state index contributed by atoms with van der Waals surface area (Å²) in [5.41, 5.74) is 0. The van der Waals surface area contributed by atoms with Gasteiger partial charge in [0.2, 0.25) is 0 Å². The SMILES string of the molecule is CS(=O)(=O)O.OC[C@H]1COc2cccnc2O1. The Balaban J connectivity index is 0.000000249. The first kappa shape index (κ1) is 13.7. The Morgan fingerprint density at radius 3 is 2.82 bits per heavy atom. The standard InChI is InChI=1S/C8H9NO3.CH4O3S/c10-4-6-5-11-7-2-1-3-9-8(7)12-6;1-5(2,3)4/h1-3,6,10H,4-5H2;1H3,(H,2,3,4)/t6-;/m0./s1. The zero-order valence-electron chi connectivity index (χ0n) is 9.11. The monoisotopic (exact) mass is 263 g/mol. The van der Waals surface area contributed by atoms with Gasteiger partial charge in [-0.2, -0.15) is 8.42 Å². The van der Waals surface area contributed by atoms with Crippen molar-refractivity contribution in [3.8, 4) is 11.6 Å². The Hall–Kier alpha value is -1.38. The van der Waals surface area contributed by atoms with Gasteiger partial charge in [0, 0.05) is 6.20 Å². The van der Waals surface area contributed by atoms with Crippen molar-refractivity contribution in [1.29, 1.82) is 0 Å². The molecule has 0 unspecified atom stereocenters. The lowest BCUT2D eigenvalue weighted by atomic mass is 10.3. The van der Waals surface area contributed by atoms with Gasteiger partial charge >= 0.3 is 0 Å². The lowest BCUT2D eigenvalue weighted by Crippen LogP contribution is -2.32. The first-order chi connectivity index (χ1) is 7.90. The van der Waals surface area contributed by atoms with Crippen LogP contribution in [-0.2, 0) is 10.1 Å². The van der Waals surface area contributed by atoms with Crippen LogP contribution in [0.5, 0.6) is 11.6 Å². The fourth-order valence-electron chi connectivity index (χ4n) is 1.04. The summed E-state index contributed by atoms with van der Waals surface area (Å²) in [6.45, 7) is 0.338. The molecule has 2 N–H and O–H groups in total. The highest BCUT2D eigenvalue weighted by molar-refractivity contribution is 7.85. The Labute approximate surface area is 98.8 Å². The van der Waals surface area contributed by atoms with E-state index in [4.69, 9.17) is 19.1 Å². The Morgan fingerprint density at radius 2 is 2.24 bits per heavy atom. The topological polar surface area (TPSA) is 106 Å². The molecule has 0 spiro atoms. The normalized spacial score (nSPS) is 17.9. The number of pyridine rings is 1. The van der Waals surface area contributed by atoms with Gasteiger partial charge in [0.25, 0.3) is 16.0 Å². The number of fused-ring (bicyclic) bond motifs is 1. The summed E-state index contributed by atoms with van der Waals surface area (Å²) in [7, 11) is -3.67. The largest absolute Gasteiger partial charge is 0.484 e. The minimum atomic E-state index is -3.67. The molecule has 8 heteroatoms. The molecule has 1 atom stereocenters. The maximum atomic E-state index is 9.19. The van der Waals surface area contributed by atoms with E-state index >= 15 is 0 Å². The van der Waals surface area contributed by atoms with Crippen molar-refractivity contribution in [2.75, 3.05) is 19.5 Å². The summed E-state index contributed by atoms with van der Waals surface area (Å²) < 4.78 is 36.4. The zero-order chi connectivity index (χ0) is 12.9. The highest BCUT2D eigenvalue weighted by Crippen LogP contribution is 2.27. The van der Waals surface area contributed by atoms with Gasteiger partial charge in [-0.3, -0.25) is 4.55 Å². The first-order valence-electron chi connectivity index (χ1n) is 4.68. The van der Waals surface area contributed by atoms with Crippen LogP contribution < -0.4 is 9.47 Å². The van der Waals surface area contributed by atoms with E-state index in [1.165, 1.54) is 0 Å². The highest BCUT2D eigenvalue weighted by Gasteiger charge is 2.20. The van der Waals surface area contributed by atoms with Gasteiger partial charge in [0.05, 0.1) is 12.9 Å². The maximum absolute atomic E-state index is 9.19. The minimum Gasteiger partial charge on any atom is -0.484 e. The van der Waals surface area contributed by atoms with Crippen LogP contribution in [-0.4, -0.2) is 48.6 Å². The van der Waals surface area contributed by atoms with Crippen molar-refractivity contribution >= 4 is 10.1 Å². The van der Waals surface area contributed by atoms with Crippen molar-refractivity contribution in [2.45, 2.75) is 6.10 Å². The van der Waals surface area contributed by atoms with E-state index in [2.05, 4.69) is 4.98 Å². The summed E-state index contributed by atoms with van der Waals surface area (Å²) in [4.78, 5) is 3.96. The molecule has 0 aliphatic carbocycles. The Bertz CT molecular complexity index is 452. The number of hydrogen-bond acceptors (Lipinski definition) is 6. The van der Waals surface area contributed by atoms with E-state index in [1.807, 2.05) is 0 Å². The third-order valence-electron chi connectivity index (χ3n) is 1.64. The summed E-state index contributed by atoms with van der Waals surface area (Å²) in [5.74, 6) is 1.10. The summed E-state index contributed by atoms with van der Waals surface area (Å²) in [6.07, 6.45) is 2.06. The van der Waals surface area contributed by atoms with Crippen LogP contribution in [0, 0.1) is 0 Å². The van der Waals surface area contributed by atoms with Crippen LogP contribution in [0.15, 0.2) is 18.3 Å². The number of rotatable bonds is 1. The smallest absolute Gasteiger partial charge is 0.261 e. The van der Waals surface area contributed by atoms with E-state index in [0.29, 0.717) is 24.5 Å². The van der Waals surface area contributed by atoms with Crippen LogP contribution in [0.2, 0.25) is 0 Å². The van der Waals surface area contributed by atoms with E-state index in [1.54, 1.807) is 18.3 Å². The molecule has 1 aliphatic rings. The number of aromatic nitrogens is 1. The highest BCUT2D eigenvalue weighted by atomic mass is 32.2. The maximum Gasteiger partial charge on any atom is 0.261 e. The molecule has 1 aliphatic heterocycles. The van der Waals surface area contributed by atoms with Gasteiger partial charge in [0.15, 0.2) is 11.9 Å². The second-order valence-electron chi connectivity index (χ2n) is 3.27. The van der Waals surface area contributed by atoms with Crippen molar-refractivity contribution < 1.29 is 27.6 Å². The average Bonchev–Trinajstić information content (AvgIpc) is 2.26. The second-order valence-corrected chi connectivity index (χ2v) is 4.74. The minimum absolute atomic E-state index is 0.0456. The van der Waals surface area contributed by atoms with E-state index in [0.717, 1.165) is 0 Å². The van der Waals surface area contributed by atoms with Crippen molar-refractivity contribution in [1.82, 2.24) is 4.98 Å². The van der Waals surface area contributed by atoms with Crippen molar-refractivity contribution in [2.24, 2.45) is 0 Å². The molecule has 0 amide bonds. The van der Waals surface area contributed by atoms with Gasteiger partial charge in [-0.15, -0.1) is 0 Å². The quantitative estimate of drug-likeness (QED) is 0.671. The van der Waals surface area contributed by atoms with Crippen LogP contribution >= 0.6 is 0 Å². The molecule has 17 heavy (non-hydrogen) atoms. The molecule has 0 aromatic carbocycles. The summed E-state index contributed by atoms with van der Waals surface area (Å²) >= 11 is 0. The number of aliphatic hydroxyl groups excluding tert-OH is 1. The molecule has 96 valence electrons. The molecular weight excluding hydrogens is 250 g/mol. The molecule has 2 heterocycles. The lowest BCUT2D eigenvalue weighted by molar-refractivity contribution is 0.0411. The molecule has 1 aromatic rings. The molecule has 2 rings (SSSR count). The first-order valence-corrected chi connectivity index (χ1v) is 6.52. The van der Waals surface area contributed by atoms with Gasteiger partial charge in [-0.25, -0.2) is 4.98 Å². The third kappa shape index (κ3) is 5.48. The van der Waals surface area contributed by atoms with E-state index in [-0.39, 0.29) is 12.7 Å². The van der Waals surface area contributed by atoms with Gasteiger partial charge < -0.3 is 14.6 Å². The van der Waals surface area contributed by atoms with Crippen LogP contribution in [0.1, 0.15) is 0 Å². The van der Waals surface area contributed by atoms with Gasteiger partial charge in [0.1, 0.15) is 6.61 Å². The summed E-state index contributed by atoms with van der Waals surface area (Å²) in [6, 6.07) is 3.57. The van der Waals surface area contributed by atoms with Crippen LogP contribution in [0.25, 0.3) is 0 Å². The fraction of sp³-hybridized carbons (Fsp3) is 0.444. The number of nitrogens with zero attached hydrogens (tertiary/aromatic N) is 1. The van der Waals surface area contributed by atoms with Gasteiger partial charge in [-0.1, -0.05) is 0 Å². The Morgan fingerprint density at radius 1 is 1.59 bits per heavy atom. The van der Waals surface area contributed by atoms with E-state index in [9.17, 15) is 8.42 Å². The third-order valence-corrected chi connectivity index (χ3v) is 1.64. The fourth-order valence-corrected chi connectivity index (χ4v) is 1.04. The predicted molar refractivity (Wildman–Crippen MR) is 58.7 cm³/mol. The van der Waals surface area contributed by atoms with Crippen molar-refractivity contribution in [3.63, 3.8) is 0 Å². The average molecular weight is 263 g/mol. The molecule has 0 saturated carbocycles. The number of ether oxygens (including phenoxy) is 2. The molecule has 0 bridgehead atoms. The van der Waals surface area contributed by atoms with E-state index < -0.39 is 10.1 Å². The van der Waals surface area contributed by atoms with Gasteiger partial charge in [-0.05, 0) is 12.1 Å². The zero-order valence-corrected chi connectivity index (χ0v) is 9.92. The van der Waals surface area contributed by atoms with Crippen molar-refractivity contribution in [3.05, 3.63) is 18.3 Å². The number of hydrogen-bond donors (Lipinski definition) is 2. The molecular formula is C9H13NO6S. The Kier molecular flexibility index (Phi) is 4.67. The van der Waals surface area contributed by atoms with Crippen LogP contribution in [0.3, 0.4) is 0 Å². The van der Waals surface area contributed by atoms with Crippen LogP contribution in [0.4, 0.5) is 0 Å². The molecule has 7 nitrogen and oxygen atoms in total. The number of aliphatic hydroxyl groups is 1. The molecule has 0 radical (unpaired) electrons. The lowest BCUT2D eigenvalue weighted by Gasteiger charge is -2.23. The second kappa shape index (κ2) is 5.80. The summed E-state index contributed by atoms with van der Waals surface area (Å²) in [5, 5.41) is 8.78. The molecule has 0 fully saturated rings. The molecule has 0 saturated heterocycles. The molecule has 1 aromatic heterocycles. The predicted octanol–water partition coefficient (Wildman–Crippen LogP) is -0.282.